The summed E-state index contributed by atoms with van der Waals surface area (Å²) in [5.41, 5.74) is 0.471. The van der Waals surface area contributed by atoms with Gasteiger partial charge in [-0.25, -0.2) is 0 Å². The minimum Gasteiger partial charge on any atom is -0.389 e. The molecule has 4 rings (SSSR count). The van der Waals surface area contributed by atoms with E-state index in [9.17, 15) is 18.3 Å². The van der Waals surface area contributed by atoms with E-state index in [2.05, 4.69) is 25.7 Å². The summed E-state index contributed by atoms with van der Waals surface area (Å²) in [7, 11) is 0. The number of nitrogens with zero attached hydrogens (tertiary/aromatic N) is 2. The van der Waals surface area contributed by atoms with Crippen LogP contribution in [-0.4, -0.2) is 61.5 Å². The van der Waals surface area contributed by atoms with E-state index in [0.29, 0.717) is 56.4 Å². The van der Waals surface area contributed by atoms with Crippen molar-refractivity contribution >= 4 is 5.69 Å². The van der Waals surface area contributed by atoms with E-state index >= 15 is 0 Å². The van der Waals surface area contributed by atoms with Crippen LogP contribution < -0.4 is 4.90 Å². The van der Waals surface area contributed by atoms with E-state index in [-0.39, 0.29) is 11.5 Å². The van der Waals surface area contributed by atoms with Gasteiger partial charge in [0, 0.05) is 38.4 Å². The van der Waals surface area contributed by atoms with E-state index in [4.69, 9.17) is 4.74 Å². The number of ether oxygens (including phenoxy) is 1. The quantitative estimate of drug-likeness (QED) is 0.711. The Kier molecular flexibility index (Phi) is 6.07. The standard InChI is InChI=1S/C24H35F3N2O2/c1-22(2)17-7-8-23(22,3)21(14-17)31-16-20(30)15-28-9-11-29(12-10-28)19-6-4-5-18(13-19)24(25,26)27/h4-6,13,17,20-21,30H,7-12,14-16H2,1-3H3/t17-,20+,21-,23-/m0/s1. The number of anilines is 1. The topological polar surface area (TPSA) is 35.9 Å². The molecule has 7 heteroatoms. The number of halogens is 3. The lowest BCUT2D eigenvalue weighted by Crippen LogP contribution is -2.49. The lowest BCUT2D eigenvalue weighted by atomic mass is 9.70. The number of alkyl halides is 3. The third-order valence-corrected chi connectivity index (χ3v) is 8.58. The van der Waals surface area contributed by atoms with Crippen molar-refractivity contribution in [2.75, 3.05) is 44.2 Å². The van der Waals surface area contributed by atoms with E-state index < -0.39 is 17.8 Å². The highest BCUT2D eigenvalue weighted by atomic mass is 19.4. The Bertz CT molecular complexity index is 776. The van der Waals surface area contributed by atoms with Crippen molar-refractivity contribution in [1.82, 2.24) is 4.90 Å². The molecule has 2 bridgehead atoms. The first-order valence-corrected chi connectivity index (χ1v) is 11.4. The lowest BCUT2D eigenvalue weighted by molar-refractivity contribution is -0.137. The fourth-order valence-electron chi connectivity index (χ4n) is 6.03. The fraction of sp³-hybridized carbons (Fsp3) is 0.750. The molecule has 2 aliphatic carbocycles. The molecule has 2 saturated carbocycles. The molecule has 0 spiro atoms. The second-order valence-electron chi connectivity index (χ2n) is 10.4. The van der Waals surface area contributed by atoms with E-state index in [0.717, 1.165) is 12.5 Å². The molecule has 1 aromatic rings. The van der Waals surface area contributed by atoms with Gasteiger partial charge in [-0.15, -0.1) is 0 Å². The van der Waals surface area contributed by atoms with E-state index in [1.54, 1.807) is 6.07 Å². The zero-order chi connectivity index (χ0) is 22.4. The van der Waals surface area contributed by atoms with Gasteiger partial charge in [0.1, 0.15) is 0 Å². The van der Waals surface area contributed by atoms with E-state index in [1.807, 2.05) is 4.90 Å². The second-order valence-corrected chi connectivity index (χ2v) is 10.4. The number of fused-ring (bicyclic) bond motifs is 2. The van der Waals surface area contributed by atoms with Crippen molar-refractivity contribution in [3.63, 3.8) is 0 Å². The SMILES string of the molecule is CC1(C)[C@H]2CC[C@@]1(C)[C@@H](OC[C@H](O)CN1CCN(c3cccc(C(F)(F)F)c3)CC1)C2. The highest BCUT2D eigenvalue weighted by molar-refractivity contribution is 5.49. The largest absolute Gasteiger partial charge is 0.416 e. The molecule has 0 aromatic heterocycles. The van der Waals surface area contributed by atoms with Gasteiger partial charge >= 0.3 is 6.18 Å². The number of aliphatic hydroxyl groups is 1. The molecule has 174 valence electrons. The molecule has 4 nitrogen and oxygen atoms in total. The molecule has 3 aliphatic rings. The summed E-state index contributed by atoms with van der Waals surface area (Å²) in [4.78, 5) is 4.15. The predicted octanol–water partition coefficient (Wildman–Crippen LogP) is 4.42. The molecule has 0 radical (unpaired) electrons. The fourth-order valence-corrected chi connectivity index (χ4v) is 6.03. The van der Waals surface area contributed by atoms with Crippen molar-refractivity contribution in [3.05, 3.63) is 29.8 Å². The van der Waals surface area contributed by atoms with Crippen LogP contribution in [0, 0.1) is 16.7 Å². The number of hydrogen-bond donors (Lipinski definition) is 1. The number of piperazine rings is 1. The minimum atomic E-state index is -4.33. The van der Waals surface area contributed by atoms with Gasteiger partial charge in [0.25, 0.3) is 0 Å². The van der Waals surface area contributed by atoms with Gasteiger partial charge in [0.15, 0.2) is 0 Å². The van der Waals surface area contributed by atoms with Crippen LogP contribution in [0.1, 0.15) is 45.6 Å². The van der Waals surface area contributed by atoms with Crippen molar-refractivity contribution in [3.8, 4) is 0 Å². The molecule has 1 aromatic carbocycles. The maximum absolute atomic E-state index is 13.0. The number of hydrogen-bond acceptors (Lipinski definition) is 4. The van der Waals surface area contributed by atoms with Crippen molar-refractivity contribution in [2.24, 2.45) is 16.7 Å². The third-order valence-electron chi connectivity index (χ3n) is 8.58. The molecule has 4 atom stereocenters. The first-order chi connectivity index (χ1) is 14.5. The Hall–Kier alpha value is -1.31. The Morgan fingerprint density at radius 2 is 1.87 bits per heavy atom. The lowest BCUT2D eigenvalue weighted by Gasteiger charge is -2.40. The molecule has 1 aliphatic heterocycles. The maximum Gasteiger partial charge on any atom is 0.416 e. The van der Waals surface area contributed by atoms with Crippen LogP contribution in [0.25, 0.3) is 0 Å². The summed E-state index contributed by atoms with van der Waals surface area (Å²) in [5, 5.41) is 10.5. The summed E-state index contributed by atoms with van der Waals surface area (Å²) in [6.07, 6.45) is -1.09. The first-order valence-electron chi connectivity index (χ1n) is 11.4. The molecule has 1 saturated heterocycles. The number of rotatable bonds is 6. The summed E-state index contributed by atoms with van der Waals surface area (Å²) < 4.78 is 45.1. The average molecular weight is 441 g/mol. The van der Waals surface area contributed by atoms with Gasteiger partial charge in [-0.1, -0.05) is 26.8 Å². The Balaban J connectivity index is 1.23. The van der Waals surface area contributed by atoms with Crippen LogP contribution in [0.2, 0.25) is 0 Å². The summed E-state index contributed by atoms with van der Waals surface area (Å²) in [6, 6.07) is 5.51. The van der Waals surface area contributed by atoms with Crippen LogP contribution in [-0.2, 0) is 10.9 Å². The monoisotopic (exact) mass is 440 g/mol. The number of aliphatic hydroxyl groups excluding tert-OH is 1. The molecular weight excluding hydrogens is 405 g/mol. The molecule has 0 amide bonds. The normalized spacial score (nSPS) is 31.9. The summed E-state index contributed by atoms with van der Waals surface area (Å²) in [5.74, 6) is 0.712. The van der Waals surface area contributed by atoms with Crippen LogP contribution >= 0.6 is 0 Å². The van der Waals surface area contributed by atoms with Crippen LogP contribution in [0.5, 0.6) is 0 Å². The molecule has 31 heavy (non-hydrogen) atoms. The van der Waals surface area contributed by atoms with E-state index in [1.165, 1.54) is 25.0 Å². The average Bonchev–Trinajstić information content (AvgIpc) is 3.06. The number of β-amino-alcohol motifs (C(OH)–C–C–N with tert-alkyl or cyclic N) is 1. The molecule has 1 heterocycles. The predicted molar refractivity (Wildman–Crippen MR) is 115 cm³/mol. The summed E-state index contributed by atoms with van der Waals surface area (Å²) >= 11 is 0. The first kappa shape index (κ1) is 22.9. The van der Waals surface area contributed by atoms with Crippen molar-refractivity contribution in [2.45, 2.75) is 58.4 Å². The van der Waals surface area contributed by atoms with Gasteiger partial charge in [-0.3, -0.25) is 4.90 Å². The minimum absolute atomic E-state index is 0.188. The maximum atomic E-state index is 13.0. The Morgan fingerprint density at radius 1 is 1.16 bits per heavy atom. The third kappa shape index (κ3) is 4.33. The van der Waals surface area contributed by atoms with Gasteiger partial charge in [-0.05, 0) is 54.2 Å². The van der Waals surface area contributed by atoms with Gasteiger partial charge in [0.05, 0.1) is 24.4 Å². The number of benzene rings is 1. The molecular formula is C24H35F3N2O2. The summed E-state index contributed by atoms with van der Waals surface area (Å²) in [6.45, 7) is 10.6. The highest BCUT2D eigenvalue weighted by Gasteiger charge is 2.61. The molecule has 1 N–H and O–H groups in total. The second kappa shape index (κ2) is 8.23. The van der Waals surface area contributed by atoms with Crippen LogP contribution in [0.15, 0.2) is 24.3 Å². The Labute approximate surface area is 183 Å². The van der Waals surface area contributed by atoms with Gasteiger partial charge in [-0.2, -0.15) is 13.2 Å². The zero-order valence-corrected chi connectivity index (χ0v) is 18.8. The van der Waals surface area contributed by atoms with Crippen molar-refractivity contribution in [1.29, 1.82) is 0 Å². The van der Waals surface area contributed by atoms with Crippen LogP contribution in [0.4, 0.5) is 18.9 Å². The molecule has 0 unspecified atom stereocenters. The molecule has 3 fully saturated rings. The van der Waals surface area contributed by atoms with Crippen molar-refractivity contribution < 1.29 is 23.0 Å². The van der Waals surface area contributed by atoms with Gasteiger partial charge in [0.2, 0.25) is 0 Å². The Morgan fingerprint density at radius 3 is 2.45 bits per heavy atom. The van der Waals surface area contributed by atoms with Gasteiger partial charge < -0.3 is 14.7 Å². The smallest absolute Gasteiger partial charge is 0.389 e. The zero-order valence-electron chi connectivity index (χ0n) is 18.8. The van der Waals surface area contributed by atoms with Crippen LogP contribution in [0.3, 0.4) is 0 Å². The highest BCUT2D eigenvalue weighted by Crippen LogP contribution is 2.66.